The molecule has 0 spiro atoms. The standard InChI is InChI=1S/C89H160O5/c1-3-5-7-9-11-13-15-17-19-21-23-25-27-29-31-33-35-37-39-41-43-44-46-48-50-52-54-56-58-60-62-64-66-68-70-72-74-76-78-80-82-84-89(92)94-87(85-90)86-93-88(91)83-81-79-77-75-73-71-69-67-65-63-61-59-57-55-53-51-49-47-45-42-40-38-36-34-32-30-28-26-24-22-20-18-16-14-12-10-8-6-4-2/h5,7,11,13,16-19,22-25,29,31,35,37,87,90H,3-4,6,8-10,12,14-15,20-21,26-28,30,32-34,36,38-86H2,1-2H3/b7-5-,13-11-,18-16-,19-17-,24-22-,25-23-,31-29-,37-35-. The summed E-state index contributed by atoms with van der Waals surface area (Å²) in [5.41, 5.74) is 0. The Morgan fingerprint density at radius 1 is 0.255 bits per heavy atom. The highest BCUT2D eigenvalue weighted by atomic mass is 16.6. The van der Waals surface area contributed by atoms with E-state index in [0.717, 1.165) is 83.5 Å². The van der Waals surface area contributed by atoms with Gasteiger partial charge >= 0.3 is 11.9 Å². The molecular formula is C89H160O5. The van der Waals surface area contributed by atoms with Gasteiger partial charge in [-0.15, -0.1) is 0 Å². The molecule has 1 N–H and O–H groups in total. The minimum Gasteiger partial charge on any atom is -0.462 e. The summed E-state index contributed by atoms with van der Waals surface area (Å²) in [4.78, 5) is 24.7. The van der Waals surface area contributed by atoms with Gasteiger partial charge < -0.3 is 14.6 Å². The van der Waals surface area contributed by atoms with Gasteiger partial charge in [0.15, 0.2) is 6.10 Å². The van der Waals surface area contributed by atoms with Gasteiger partial charge in [-0.2, -0.15) is 0 Å². The van der Waals surface area contributed by atoms with Crippen LogP contribution in [0.1, 0.15) is 438 Å². The second kappa shape index (κ2) is 84.0. The normalized spacial score (nSPS) is 12.7. The van der Waals surface area contributed by atoms with Gasteiger partial charge in [0.2, 0.25) is 0 Å². The Bertz CT molecular complexity index is 1730. The maximum absolute atomic E-state index is 12.4. The van der Waals surface area contributed by atoms with Crippen LogP contribution in [0.3, 0.4) is 0 Å². The Morgan fingerprint density at radius 2 is 0.457 bits per heavy atom. The summed E-state index contributed by atoms with van der Waals surface area (Å²) in [5.74, 6) is -0.567. The van der Waals surface area contributed by atoms with Gasteiger partial charge in [0.05, 0.1) is 6.61 Å². The van der Waals surface area contributed by atoms with E-state index in [1.54, 1.807) is 0 Å². The van der Waals surface area contributed by atoms with Gasteiger partial charge in [0.1, 0.15) is 6.61 Å². The van der Waals surface area contributed by atoms with Crippen molar-refractivity contribution in [2.24, 2.45) is 0 Å². The summed E-state index contributed by atoms with van der Waals surface area (Å²) in [6, 6.07) is 0. The van der Waals surface area contributed by atoms with Crippen molar-refractivity contribution in [3.8, 4) is 0 Å². The second-order valence-corrected chi connectivity index (χ2v) is 28.2. The van der Waals surface area contributed by atoms with Crippen molar-refractivity contribution in [3.63, 3.8) is 0 Å². The van der Waals surface area contributed by atoms with E-state index in [0.29, 0.717) is 12.8 Å². The van der Waals surface area contributed by atoms with E-state index in [-0.39, 0.29) is 25.2 Å². The van der Waals surface area contributed by atoms with E-state index in [4.69, 9.17) is 9.47 Å². The van der Waals surface area contributed by atoms with E-state index < -0.39 is 6.10 Å². The fourth-order valence-corrected chi connectivity index (χ4v) is 12.7. The third-order valence-corrected chi connectivity index (χ3v) is 18.9. The molecule has 0 bridgehead atoms. The van der Waals surface area contributed by atoms with Crippen molar-refractivity contribution in [2.75, 3.05) is 13.2 Å². The maximum atomic E-state index is 12.4. The molecule has 94 heavy (non-hydrogen) atoms. The molecule has 0 aliphatic rings. The van der Waals surface area contributed by atoms with Crippen LogP contribution in [-0.2, 0) is 19.1 Å². The number of hydrogen-bond acceptors (Lipinski definition) is 5. The van der Waals surface area contributed by atoms with E-state index in [2.05, 4.69) is 111 Å². The lowest BCUT2D eigenvalue weighted by Gasteiger charge is -2.15. The van der Waals surface area contributed by atoms with E-state index >= 15 is 0 Å². The van der Waals surface area contributed by atoms with Crippen molar-refractivity contribution in [3.05, 3.63) is 97.2 Å². The van der Waals surface area contributed by atoms with Gasteiger partial charge in [0.25, 0.3) is 0 Å². The molecule has 5 heteroatoms. The molecule has 0 aliphatic carbocycles. The zero-order valence-corrected chi connectivity index (χ0v) is 63.0. The predicted octanol–water partition coefficient (Wildman–Crippen LogP) is 29.7. The smallest absolute Gasteiger partial charge is 0.306 e. The highest BCUT2D eigenvalue weighted by Gasteiger charge is 2.16. The molecule has 0 heterocycles. The predicted molar refractivity (Wildman–Crippen MR) is 417 cm³/mol. The van der Waals surface area contributed by atoms with Crippen LogP contribution in [0.15, 0.2) is 97.2 Å². The van der Waals surface area contributed by atoms with Crippen LogP contribution in [-0.4, -0.2) is 36.4 Å². The molecule has 0 saturated heterocycles. The number of carbonyl (C=O) groups excluding carboxylic acids is 2. The molecule has 0 radical (unpaired) electrons. The summed E-state index contributed by atoms with van der Waals surface area (Å²) < 4.78 is 10.8. The van der Waals surface area contributed by atoms with Crippen LogP contribution in [0.4, 0.5) is 0 Å². The first-order valence-electron chi connectivity index (χ1n) is 41.8. The molecule has 0 aromatic heterocycles. The fourth-order valence-electron chi connectivity index (χ4n) is 12.7. The number of allylic oxidation sites excluding steroid dienone is 16. The van der Waals surface area contributed by atoms with Gasteiger partial charge in [-0.1, -0.05) is 426 Å². The SMILES string of the molecule is CC/C=C\C/C=C\C/C=C\C/C=C\C/C=C\C/C=C\CCCCCCCCCCCCCCCCCCCCCCCCC(=O)OC(CO)COC(=O)CCCCCCCCCCCCCCCCCCCCCCCCCCCCC/C=C\C/C=C\CCCCCCC. The largest absolute Gasteiger partial charge is 0.462 e. The first-order chi connectivity index (χ1) is 46.6. The zero-order chi connectivity index (χ0) is 67.5. The first-order valence-corrected chi connectivity index (χ1v) is 41.8. The number of unbranched alkanes of at least 4 members (excludes halogenated alkanes) is 54. The minimum absolute atomic E-state index is 0.0613. The molecule has 0 aromatic rings. The summed E-state index contributed by atoms with van der Waals surface area (Å²) >= 11 is 0. The number of hydrogen-bond donors (Lipinski definition) is 1. The van der Waals surface area contributed by atoms with Gasteiger partial charge in [-0.25, -0.2) is 0 Å². The van der Waals surface area contributed by atoms with Crippen molar-refractivity contribution < 1.29 is 24.2 Å². The Hall–Kier alpha value is -3.18. The van der Waals surface area contributed by atoms with Crippen LogP contribution in [0.25, 0.3) is 0 Å². The average molecular weight is 1310 g/mol. The van der Waals surface area contributed by atoms with Crippen molar-refractivity contribution >= 4 is 11.9 Å². The molecule has 0 amide bonds. The summed E-state index contributed by atoms with van der Waals surface area (Å²) in [6.45, 7) is 4.07. The van der Waals surface area contributed by atoms with Crippen LogP contribution in [0.5, 0.6) is 0 Å². The monoisotopic (exact) mass is 1310 g/mol. The Morgan fingerprint density at radius 3 is 0.691 bits per heavy atom. The topological polar surface area (TPSA) is 72.8 Å². The molecule has 0 rings (SSSR count). The molecule has 0 saturated carbocycles. The van der Waals surface area contributed by atoms with Crippen LogP contribution < -0.4 is 0 Å². The van der Waals surface area contributed by atoms with Crippen LogP contribution in [0, 0.1) is 0 Å². The van der Waals surface area contributed by atoms with E-state index in [1.165, 1.54) is 327 Å². The highest BCUT2D eigenvalue weighted by Crippen LogP contribution is 2.20. The second-order valence-electron chi connectivity index (χ2n) is 28.2. The third kappa shape index (κ3) is 81.2. The molecular weight excluding hydrogens is 1150 g/mol. The Labute approximate surface area is 587 Å². The molecule has 0 fully saturated rings. The minimum atomic E-state index is -0.774. The molecule has 0 aliphatic heterocycles. The van der Waals surface area contributed by atoms with E-state index in [9.17, 15) is 14.7 Å². The number of rotatable bonds is 78. The number of ether oxygens (including phenoxy) is 2. The summed E-state index contributed by atoms with van der Waals surface area (Å²) in [6.07, 6.45) is 121. The van der Waals surface area contributed by atoms with Crippen molar-refractivity contribution in [2.45, 2.75) is 444 Å². The fraction of sp³-hybridized carbons (Fsp3) is 0.798. The molecule has 0 aromatic carbocycles. The molecule has 5 nitrogen and oxygen atoms in total. The molecule has 546 valence electrons. The maximum Gasteiger partial charge on any atom is 0.306 e. The van der Waals surface area contributed by atoms with Gasteiger partial charge in [-0.05, 0) is 96.3 Å². The van der Waals surface area contributed by atoms with Crippen LogP contribution >= 0.6 is 0 Å². The van der Waals surface area contributed by atoms with Crippen molar-refractivity contribution in [1.82, 2.24) is 0 Å². The van der Waals surface area contributed by atoms with Gasteiger partial charge in [-0.3, -0.25) is 9.59 Å². The lowest BCUT2D eigenvalue weighted by atomic mass is 10.0. The number of aliphatic hydroxyl groups is 1. The quantitative estimate of drug-likeness (QED) is 0.0373. The van der Waals surface area contributed by atoms with Gasteiger partial charge in [0, 0.05) is 12.8 Å². The lowest BCUT2D eigenvalue weighted by molar-refractivity contribution is -0.161. The lowest BCUT2D eigenvalue weighted by Crippen LogP contribution is -2.28. The first kappa shape index (κ1) is 90.8. The van der Waals surface area contributed by atoms with Crippen LogP contribution in [0.2, 0.25) is 0 Å². The Kier molecular flexibility index (Phi) is 81.2. The average Bonchev–Trinajstić information content (AvgIpc) is 3.77. The summed E-state index contributed by atoms with van der Waals surface area (Å²) in [7, 11) is 0. The third-order valence-electron chi connectivity index (χ3n) is 18.9. The highest BCUT2D eigenvalue weighted by molar-refractivity contribution is 5.70. The zero-order valence-electron chi connectivity index (χ0n) is 63.0. The number of aliphatic hydroxyl groups excluding tert-OH is 1. The summed E-state index contributed by atoms with van der Waals surface area (Å²) in [5, 5.41) is 9.74. The number of esters is 2. The molecule has 1 unspecified atom stereocenters. The Balaban J connectivity index is 3.38. The number of carbonyl (C=O) groups is 2. The van der Waals surface area contributed by atoms with Crippen molar-refractivity contribution in [1.29, 1.82) is 0 Å². The molecule has 1 atom stereocenters. The van der Waals surface area contributed by atoms with E-state index in [1.807, 2.05) is 0 Å².